The topological polar surface area (TPSA) is 3.24 Å². The summed E-state index contributed by atoms with van der Waals surface area (Å²) in [5, 5.41) is 2.13. The number of thiophene rings is 1. The van der Waals surface area contributed by atoms with Gasteiger partial charge in [-0.2, -0.15) is 0 Å². The molecule has 0 aliphatic carbocycles. The summed E-state index contributed by atoms with van der Waals surface area (Å²) in [6, 6.07) is 14.9. The Kier molecular flexibility index (Phi) is 6.13. The third-order valence-corrected chi connectivity index (χ3v) is 3.44. The molecule has 0 aliphatic rings. The second-order valence-electron chi connectivity index (χ2n) is 4.22. The lowest BCUT2D eigenvalue weighted by molar-refractivity contribution is 0.457. The van der Waals surface area contributed by atoms with Gasteiger partial charge >= 0.3 is 0 Å². The number of hydrogen-bond acceptors (Lipinski definition) is 2. The van der Waals surface area contributed by atoms with E-state index in [9.17, 15) is 0 Å². The fraction of sp³-hybridized carbons (Fsp3) is 0.200. The van der Waals surface area contributed by atoms with Crippen LogP contribution in [0.5, 0.6) is 0 Å². The zero-order chi connectivity index (χ0) is 12.1. The van der Waals surface area contributed by atoms with Crippen molar-refractivity contribution in [1.29, 1.82) is 0 Å². The maximum Gasteiger partial charge on any atom is 0.0345 e. The maximum atomic E-state index is 2.29. The lowest BCUT2D eigenvalue weighted by Gasteiger charge is -2.09. The van der Waals surface area contributed by atoms with Crippen LogP contribution in [0.2, 0.25) is 0 Å². The van der Waals surface area contributed by atoms with Crippen molar-refractivity contribution < 1.29 is 0 Å². The molecule has 1 aromatic carbocycles. The van der Waals surface area contributed by atoms with Crippen LogP contribution in [-0.2, 0) is 0 Å². The van der Waals surface area contributed by atoms with Crippen molar-refractivity contribution in [2.75, 3.05) is 20.6 Å². The maximum absolute atomic E-state index is 2.29. The van der Waals surface area contributed by atoms with Crippen LogP contribution in [0, 0.1) is 0 Å². The first-order valence-corrected chi connectivity index (χ1v) is 6.59. The van der Waals surface area contributed by atoms with Crippen molar-refractivity contribution >= 4 is 29.3 Å². The molecule has 0 fully saturated rings. The van der Waals surface area contributed by atoms with Crippen molar-refractivity contribution in [2.45, 2.75) is 0 Å². The van der Waals surface area contributed by atoms with E-state index in [1.807, 2.05) is 0 Å². The zero-order valence-corrected chi connectivity index (χ0v) is 12.3. The van der Waals surface area contributed by atoms with Crippen molar-refractivity contribution in [3.63, 3.8) is 0 Å². The van der Waals surface area contributed by atoms with Gasteiger partial charge in [0.15, 0.2) is 0 Å². The Morgan fingerprint density at radius 3 is 2.39 bits per heavy atom. The minimum Gasteiger partial charge on any atom is -0.306 e. The van der Waals surface area contributed by atoms with Crippen LogP contribution in [0.3, 0.4) is 0 Å². The van der Waals surface area contributed by atoms with E-state index in [-0.39, 0.29) is 12.4 Å². The van der Waals surface area contributed by atoms with Gasteiger partial charge in [-0.1, -0.05) is 42.5 Å². The van der Waals surface area contributed by atoms with Crippen LogP contribution in [0.25, 0.3) is 5.57 Å². The molecule has 2 rings (SSSR count). The van der Waals surface area contributed by atoms with E-state index in [2.05, 4.69) is 72.9 Å². The lowest BCUT2D eigenvalue weighted by Crippen LogP contribution is -2.11. The number of hydrogen-bond donors (Lipinski definition) is 0. The van der Waals surface area contributed by atoms with Gasteiger partial charge in [0, 0.05) is 11.4 Å². The highest BCUT2D eigenvalue weighted by Crippen LogP contribution is 2.26. The van der Waals surface area contributed by atoms with Crippen molar-refractivity contribution in [3.05, 3.63) is 64.4 Å². The molecule has 0 saturated carbocycles. The van der Waals surface area contributed by atoms with E-state index in [0.29, 0.717) is 0 Å². The van der Waals surface area contributed by atoms with E-state index < -0.39 is 0 Å². The van der Waals surface area contributed by atoms with Gasteiger partial charge in [0.2, 0.25) is 0 Å². The third kappa shape index (κ3) is 3.98. The molecule has 0 spiro atoms. The van der Waals surface area contributed by atoms with Crippen molar-refractivity contribution in [3.8, 4) is 0 Å². The van der Waals surface area contributed by atoms with E-state index in [1.165, 1.54) is 16.0 Å². The predicted octanol–water partition coefficient (Wildman–Crippen LogP) is 4.16. The van der Waals surface area contributed by atoms with Crippen LogP contribution in [0.4, 0.5) is 0 Å². The number of benzene rings is 1. The third-order valence-electron chi connectivity index (χ3n) is 2.53. The molecule has 96 valence electrons. The Balaban J connectivity index is 0.00000162. The number of halogens is 1. The second kappa shape index (κ2) is 7.37. The molecular weight excluding hydrogens is 262 g/mol. The average molecular weight is 280 g/mol. The van der Waals surface area contributed by atoms with E-state index in [4.69, 9.17) is 0 Å². The molecule has 1 heterocycles. The SMILES string of the molecule is CN(C)C/C=C(\c1ccccc1)c1cccs1.Cl. The Morgan fingerprint density at radius 1 is 1.11 bits per heavy atom. The summed E-state index contributed by atoms with van der Waals surface area (Å²) in [6.45, 7) is 0.960. The quantitative estimate of drug-likeness (QED) is 0.812. The molecule has 18 heavy (non-hydrogen) atoms. The van der Waals surface area contributed by atoms with Gasteiger partial charge < -0.3 is 4.90 Å². The Hall–Kier alpha value is -1.09. The molecule has 3 heteroatoms. The average Bonchev–Trinajstić information content (AvgIpc) is 2.84. The monoisotopic (exact) mass is 279 g/mol. The Bertz CT molecular complexity index is 474. The highest BCUT2D eigenvalue weighted by Gasteiger charge is 2.05. The van der Waals surface area contributed by atoms with Gasteiger partial charge in [-0.05, 0) is 36.7 Å². The molecule has 1 aromatic heterocycles. The first-order chi connectivity index (χ1) is 8.27. The summed E-state index contributed by atoms with van der Waals surface area (Å²) in [4.78, 5) is 3.51. The Labute approximate surface area is 119 Å². The predicted molar refractivity (Wildman–Crippen MR) is 83.6 cm³/mol. The summed E-state index contributed by atoms with van der Waals surface area (Å²) in [5.74, 6) is 0. The molecule has 0 aliphatic heterocycles. The van der Waals surface area contributed by atoms with Gasteiger partial charge in [0.25, 0.3) is 0 Å². The smallest absolute Gasteiger partial charge is 0.0345 e. The van der Waals surface area contributed by atoms with Crippen LogP contribution in [0.15, 0.2) is 53.9 Å². The fourth-order valence-corrected chi connectivity index (χ4v) is 2.47. The van der Waals surface area contributed by atoms with Crippen molar-refractivity contribution in [1.82, 2.24) is 4.90 Å². The van der Waals surface area contributed by atoms with Gasteiger partial charge in [-0.25, -0.2) is 0 Å². The molecule has 0 amide bonds. The molecule has 0 saturated heterocycles. The van der Waals surface area contributed by atoms with E-state index in [1.54, 1.807) is 11.3 Å². The summed E-state index contributed by atoms with van der Waals surface area (Å²) < 4.78 is 0. The zero-order valence-electron chi connectivity index (χ0n) is 10.7. The second-order valence-corrected chi connectivity index (χ2v) is 5.17. The molecule has 0 bridgehead atoms. The van der Waals surface area contributed by atoms with E-state index >= 15 is 0 Å². The van der Waals surface area contributed by atoms with Crippen LogP contribution in [-0.4, -0.2) is 25.5 Å². The first-order valence-electron chi connectivity index (χ1n) is 5.71. The fourth-order valence-electron chi connectivity index (χ4n) is 1.68. The Morgan fingerprint density at radius 2 is 1.83 bits per heavy atom. The minimum atomic E-state index is 0. The highest BCUT2D eigenvalue weighted by molar-refractivity contribution is 7.11. The van der Waals surface area contributed by atoms with Crippen LogP contribution < -0.4 is 0 Å². The number of rotatable bonds is 4. The molecule has 2 aromatic rings. The molecule has 0 unspecified atom stereocenters. The van der Waals surface area contributed by atoms with Crippen molar-refractivity contribution in [2.24, 2.45) is 0 Å². The standard InChI is InChI=1S/C15H17NS.ClH/c1-16(2)11-10-14(15-9-6-12-17-15)13-7-4-3-5-8-13;/h3-10,12H,11H2,1-2H3;1H/b14-10+;. The molecular formula is C15H18ClNS. The summed E-state index contributed by atoms with van der Waals surface area (Å²) in [5.41, 5.74) is 2.62. The first kappa shape index (κ1) is 15.0. The number of likely N-dealkylation sites (N-methyl/N-ethyl adjacent to an activating group) is 1. The largest absolute Gasteiger partial charge is 0.306 e. The molecule has 1 nitrogen and oxygen atoms in total. The molecule has 0 radical (unpaired) electrons. The van der Waals surface area contributed by atoms with Crippen LogP contribution >= 0.6 is 23.7 Å². The summed E-state index contributed by atoms with van der Waals surface area (Å²) in [7, 11) is 4.18. The number of nitrogens with zero attached hydrogens (tertiary/aromatic N) is 1. The molecule has 0 atom stereocenters. The van der Waals surface area contributed by atoms with Gasteiger partial charge in [-0.3, -0.25) is 0 Å². The van der Waals surface area contributed by atoms with Gasteiger partial charge in [-0.15, -0.1) is 23.7 Å². The lowest BCUT2D eigenvalue weighted by atomic mass is 10.0. The highest BCUT2D eigenvalue weighted by atomic mass is 35.5. The van der Waals surface area contributed by atoms with Crippen LogP contribution in [0.1, 0.15) is 10.4 Å². The van der Waals surface area contributed by atoms with E-state index in [0.717, 1.165) is 6.54 Å². The minimum absolute atomic E-state index is 0. The van der Waals surface area contributed by atoms with Gasteiger partial charge in [0.05, 0.1) is 0 Å². The summed E-state index contributed by atoms with van der Waals surface area (Å²) in [6.07, 6.45) is 2.29. The normalized spacial score (nSPS) is 11.4. The summed E-state index contributed by atoms with van der Waals surface area (Å²) >= 11 is 1.79. The van der Waals surface area contributed by atoms with Gasteiger partial charge in [0.1, 0.15) is 0 Å². The molecule has 0 N–H and O–H groups in total.